The van der Waals surface area contributed by atoms with Gasteiger partial charge in [0, 0.05) is 18.5 Å². The monoisotopic (exact) mass is 258 g/mol. The molecule has 0 bridgehead atoms. The quantitative estimate of drug-likeness (QED) is 0.852. The highest BCUT2D eigenvalue weighted by Gasteiger charge is 2.31. The fourth-order valence-corrected chi connectivity index (χ4v) is 1.64. The molecule has 0 atom stereocenters. The maximum absolute atomic E-state index is 12.5. The van der Waals surface area contributed by atoms with E-state index < -0.39 is 11.7 Å². The number of nitrogens with one attached hydrogen (secondary N) is 1. The molecule has 0 saturated heterocycles. The number of halogens is 3. The zero-order valence-corrected chi connectivity index (χ0v) is 9.83. The van der Waals surface area contributed by atoms with Gasteiger partial charge in [-0.05, 0) is 26.4 Å². The van der Waals surface area contributed by atoms with Crippen molar-refractivity contribution in [3.8, 4) is 0 Å². The predicted octanol–water partition coefficient (Wildman–Crippen LogP) is 1.90. The Morgan fingerprint density at radius 3 is 2.83 bits per heavy atom. The summed E-state index contributed by atoms with van der Waals surface area (Å²) in [7, 11) is 1.85. The second kappa shape index (κ2) is 4.93. The Labute approximate surface area is 102 Å². The van der Waals surface area contributed by atoms with Crippen molar-refractivity contribution in [3.63, 3.8) is 0 Å². The lowest BCUT2D eigenvalue weighted by atomic mass is 10.2. The highest BCUT2D eigenvalue weighted by atomic mass is 19.4. The normalized spacial score (nSPS) is 12.2. The molecule has 0 aliphatic carbocycles. The summed E-state index contributed by atoms with van der Waals surface area (Å²) in [6.45, 7) is 0.842. The summed E-state index contributed by atoms with van der Waals surface area (Å²) in [5.74, 6) is 0. The fraction of sp³-hybridized carbons (Fsp3) is 0.455. The first kappa shape index (κ1) is 12.8. The van der Waals surface area contributed by atoms with Gasteiger partial charge in [0.25, 0.3) is 0 Å². The Bertz CT molecular complexity index is 533. The van der Waals surface area contributed by atoms with E-state index in [2.05, 4.69) is 15.4 Å². The van der Waals surface area contributed by atoms with Gasteiger partial charge in [0.2, 0.25) is 0 Å². The first-order valence-electron chi connectivity index (χ1n) is 5.57. The second-order valence-electron chi connectivity index (χ2n) is 3.99. The average Bonchev–Trinajstić information content (AvgIpc) is 2.69. The van der Waals surface area contributed by atoms with Crippen molar-refractivity contribution in [2.24, 2.45) is 0 Å². The molecule has 0 saturated carbocycles. The van der Waals surface area contributed by atoms with Crippen molar-refractivity contribution in [1.82, 2.24) is 19.9 Å². The molecule has 0 fully saturated rings. The third-order valence-electron chi connectivity index (χ3n) is 2.55. The number of alkyl halides is 3. The van der Waals surface area contributed by atoms with E-state index in [9.17, 15) is 13.2 Å². The van der Waals surface area contributed by atoms with E-state index >= 15 is 0 Å². The van der Waals surface area contributed by atoms with Crippen LogP contribution >= 0.6 is 0 Å². The molecule has 0 aliphatic heterocycles. The number of aromatic nitrogens is 3. The highest BCUT2D eigenvalue weighted by molar-refractivity contribution is 5.39. The first-order chi connectivity index (χ1) is 8.50. The van der Waals surface area contributed by atoms with Crippen molar-refractivity contribution < 1.29 is 13.2 Å². The number of hydrogen-bond donors (Lipinski definition) is 1. The van der Waals surface area contributed by atoms with E-state index in [0.717, 1.165) is 31.1 Å². The van der Waals surface area contributed by atoms with Crippen LogP contribution in [0.3, 0.4) is 0 Å². The van der Waals surface area contributed by atoms with Gasteiger partial charge in [-0.25, -0.2) is 9.50 Å². The van der Waals surface area contributed by atoms with Crippen molar-refractivity contribution in [2.45, 2.75) is 19.0 Å². The van der Waals surface area contributed by atoms with Crippen LogP contribution in [0.5, 0.6) is 0 Å². The average molecular weight is 258 g/mol. The van der Waals surface area contributed by atoms with Crippen LogP contribution in [0.1, 0.15) is 17.7 Å². The third-order valence-corrected chi connectivity index (χ3v) is 2.55. The molecule has 0 radical (unpaired) electrons. The van der Waals surface area contributed by atoms with Crippen LogP contribution < -0.4 is 5.32 Å². The van der Waals surface area contributed by atoms with E-state index in [1.165, 1.54) is 4.52 Å². The van der Waals surface area contributed by atoms with Crippen molar-refractivity contribution in [2.75, 3.05) is 13.6 Å². The van der Waals surface area contributed by atoms with Crippen LogP contribution in [0, 0.1) is 0 Å². The van der Waals surface area contributed by atoms with Gasteiger partial charge in [0.1, 0.15) is 0 Å². The minimum Gasteiger partial charge on any atom is -0.320 e. The molecule has 2 heterocycles. The van der Waals surface area contributed by atoms with E-state index in [1.807, 2.05) is 7.05 Å². The third kappa shape index (κ3) is 2.79. The maximum atomic E-state index is 12.5. The lowest BCUT2D eigenvalue weighted by molar-refractivity contribution is -0.138. The number of fused-ring (bicyclic) bond motifs is 1. The zero-order valence-electron chi connectivity index (χ0n) is 9.83. The van der Waals surface area contributed by atoms with E-state index in [0.29, 0.717) is 12.1 Å². The number of aryl methyl sites for hydroxylation is 1. The molecule has 2 aromatic rings. The van der Waals surface area contributed by atoms with Gasteiger partial charge in [0.05, 0.1) is 11.3 Å². The van der Waals surface area contributed by atoms with Crippen LogP contribution in [0.4, 0.5) is 13.2 Å². The number of nitrogens with zero attached hydrogens (tertiary/aromatic N) is 3. The second-order valence-corrected chi connectivity index (χ2v) is 3.99. The standard InChI is InChI=1S/C11H13F3N4/c1-15-4-2-3-9-5-10-16-6-8(11(12,13)14)7-18(10)17-9/h5-7,15H,2-4H2,1H3. The molecule has 1 N–H and O–H groups in total. The summed E-state index contributed by atoms with van der Waals surface area (Å²) < 4.78 is 38.6. The molecular formula is C11H13F3N4. The Kier molecular flexibility index (Phi) is 3.51. The van der Waals surface area contributed by atoms with Crippen LogP contribution in [-0.2, 0) is 12.6 Å². The van der Waals surface area contributed by atoms with Gasteiger partial charge in [-0.15, -0.1) is 0 Å². The lowest BCUT2D eigenvalue weighted by Crippen LogP contribution is -2.08. The Hall–Kier alpha value is -1.63. The fourth-order valence-electron chi connectivity index (χ4n) is 1.64. The van der Waals surface area contributed by atoms with Crippen molar-refractivity contribution in [3.05, 3.63) is 29.7 Å². The van der Waals surface area contributed by atoms with Gasteiger partial charge < -0.3 is 5.32 Å². The minimum atomic E-state index is -4.39. The van der Waals surface area contributed by atoms with Gasteiger partial charge in [-0.1, -0.05) is 0 Å². The minimum absolute atomic E-state index is 0.433. The smallest absolute Gasteiger partial charge is 0.320 e. The van der Waals surface area contributed by atoms with Gasteiger partial charge in [-0.3, -0.25) is 0 Å². The molecular weight excluding hydrogens is 245 g/mol. The summed E-state index contributed by atoms with van der Waals surface area (Å²) in [6.07, 6.45) is -1.00. The molecule has 0 unspecified atom stereocenters. The molecule has 0 aliphatic rings. The molecule has 4 nitrogen and oxygen atoms in total. The van der Waals surface area contributed by atoms with E-state index in [1.54, 1.807) is 6.07 Å². The molecule has 7 heteroatoms. The van der Waals surface area contributed by atoms with Crippen molar-refractivity contribution >= 4 is 5.65 Å². The van der Waals surface area contributed by atoms with Crippen LogP contribution in [0.15, 0.2) is 18.5 Å². The SMILES string of the molecule is CNCCCc1cc2ncc(C(F)(F)F)cn2n1. The molecule has 2 aromatic heterocycles. The van der Waals surface area contributed by atoms with Gasteiger partial charge in [-0.2, -0.15) is 18.3 Å². The zero-order chi connectivity index (χ0) is 13.2. The lowest BCUT2D eigenvalue weighted by Gasteiger charge is -2.05. The highest BCUT2D eigenvalue weighted by Crippen LogP contribution is 2.28. The van der Waals surface area contributed by atoms with Gasteiger partial charge in [0.15, 0.2) is 5.65 Å². The maximum Gasteiger partial charge on any atom is 0.419 e. The predicted molar refractivity (Wildman–Crippen MR) is 60.2 cm³/mol. The number of rotatable bonds is 4. The van der Waals surface area contributed by atoms with E-state index in [4.69, 9.17) is 0 Å². The molecule has 0 amide bonds. The molecule has 0 aromatic carbocycles. The summed E-state index contributed by atoms with van der Waals surface area (Å²) in [5, 5.41) is 7.09. The Balaban J connectivity index is 2.23. The summed E-state index contributed by atoms with van der Waals surface area (Å²) in [4.78, 5) is 3.76. The summed E-state index contributed by atoms with van der Waals surface area (Å²) >= 11 is 0. The largest absolute Gasteiger partial charge is 0.419 e. The molecule has 98 valence electrons. The van der Waals surface area contributed by atoms with Crippen molar-refractivity contribution in [1.29, 1.82) is 0 Å². The number of hydrogen-bond acceptors (Lipinski definition) is 3. The molecule has 2 rings (SSSR count). The van der Waals surface area contributed by atoms with E-state index in [-0.39, 0.29) is 0 Å². The summed E-state index contributed by atoms with van der Waals surface area (Å²) in [5.41, 5.74) is 0.388. The first-order valence-corrected chi connectivity index (χ1v) is 5.57. The summed E-state index contributed by atoms with van der Waals surface area (Å²) in [6, 6.07) is 1.70. The Morgan fingerprint density at radius 1 is 1.39 bits per heavy atom. The molecule has 0 spiro atoms. The Morgan fingerprint density at radius 2 is 2.17 bits per heavy atom. The van der Waals surface area contributed by atoms with Crippen LogP contribution in [0.25, 0.3) is 5.65 Å². The van der Waals surface area contributed by atoms with Gasteiger partial charge >= 0.3 is 6.18 Å². The van der Waals surface area contributed by atoms with Crippen LogP contribution in [0.2, 0.25) is 0 Å². The molecule has 18 heavy (non-hydrogen) atoms. The van der Waals surface area contributed by atoms with Crippen LogP contribution in [-0.4, -0.2) is 28.2 Å². The topological polar surface area (TPSA) is 42.2 Å².